The van der Waals surface area contributed by atoms with Gasteiger partial charge in [0.15, 0.2) is 0 Å². The number of hydrogen-bond donors (Lipinski definition) is 2. The van der Waals surface area contributed by atoms with Crippen LogP contribution in [0.25, 0.3) is 64.8 Å². The van der Waals surface area contributed by atoms with E-state index in [9.17, 15) is 0 Å². The number of pyridine rings is 4. The molecule has 54 heavy (non-hydrogen) atoms. The number of benzene rings is 2. The molecule has 1 atom stereocenters. The van der Waals surface area contributed by atoms with E-state index in [-0.39, 0.29) is 36.7 Å². The Morgan fingerprint density at radius 1 is 0.704 bits per heavy atom. The zero-order valence-corrected chi connectivity index (χ0v) is 35.8. The quantitative estimate of drug-likeness (QED) is 0.135. The van der Waals surface area contributed by atoms with Crippen molar-refractivity contribution >= 4 is 64.9 Å². The maximum Gasteiger partial charge on any atom is 0.106 e. The van der Waals surface area contributed by atoms with Gasteiger partial charge in [0.2, 0.25) is 0 Å². The van der Waals surface area contributed by atoms with E-state index in [2.05, 4.69) is 123 Å². The first-order valence-corrected chi connectivity index (χ1v) is 19.4. The van der Waals surface area contributed by atoms with Gasteiger partial charge in [0.05, 0.1) is 38.0 Å². The Morgan fingerprint density at radius 3 is 1.65 bits per heavy atom. The van der Waals surface area contributed by atoms with Crippen LogP contribution in [0.2, 0.25) is 0 Å². The van der Waals surface area contributed by atoms with Crippen molar-refractivity contribution < 1.29 is 30.3 Å². The fourth-order valence-electron chi connectivity index (χ4n) is 5.98. The van der Waals surface area contributed by atoms with Gasteiger partial charge >= 0.3 is 0 Å². The van der Waals surface area contributed by atoms with E-state index in [0.717, 1.165) is 50.0 Å². The van der Waals surface area contributed by atoms with Crippen LogP contribution in [0.4, 0.5) is 0 Å². The fraction of sp³-hybridized carbons (Fsp3) is 0.244. The van der Waals surface area contributed by atoms with E-state index in [1.165, 1.54) is 38.9 Å². The van der Waals surface area contributed by atoms with Crippen LogP contribution in [0.1, 0.15) is 66.5 Å². The van der Waals surface area contributed by atoms with Gasteiger partial charge in [0.25, 0.3) is 0 Å². The van der Waals surface area contributed by atoms with Crippen molar-refractivity contribution in [1.82, 2.24) is 19.9 Å². The second-order valence-corrected chi connectivity index (χ2v) is 16.9. The van der Waals surface area contributed by atoms with Gasteiger partial charge in [-0.15, -0.1) is 58.1 Å². The van der Waals surface area contributed by atoms with Crippen molar-refractivity contribution in [2.75, 3.05) is 0 Å². The second kappa shape index (κ2) is 17.0. The number of fused-ring (bicyclic) bond motifs is 6. The maximum atomic E-state index is 8.49. The van der Waals surface area contributed by atoms with Crippen LogP contribution in [0.3, 0.4) is 0 Å². The van der Waals surface area contributed by atoms with Gasteiger partial charge in [-0.25, -0.2) is 4.98 Å². The number of nitrogens with zero attached hydrogens (tertiary/aromatic N) is 4. The van der Waals surface area contributed by atoms with Gasteiger partial charge in [-0.1, -0.05) is 71.9 Å². The van der Waals surface area contributed by atoms with E-state index in [0.29, 0.717) is 0 Å². The standard InChI is InChI=1S/C20H18N2S.C20H17N2S.C5H10O2.Ir/c2*1-20(2,3)14-8-6-13(7-9-14)17-15-10-12-23-19(15)18-16(22-17)5-4-11-21-18;1-4(6)3-5(2)7;/h4-12H,1-3H3;4-6,8-12H,1-3H3;3-4,6-7H,1-2H3;/q;-1;;. The van der Waals surface area contributed by atoms with Gasteiger partial charge in [0.1, 0.15) is 11.0 Å². The Kier molecular flexibility index (Phi) is 12.8. The smallest absolute Gasteiger partial charge is 0.106 e. The van der Waals surface area contributed by atoms with Gasteiger partial charge in [-0.2, -0.15) is 0 Å². The molecule has 0 bridgehead atoms. The Morgan fingerprint density at radius 2 is 1.20 bits per heavy atom. The van der Waals surface area contributed by atoms with Crippen LogP contribution in [0.5, 0.6) is 0 Å². The number of rotatable bonds is 3. The summed E-state index contributed by atoms with van der Waals surface area (Å²) in [4.78, 5) is 18.7. The molecule has 0 amide bonds. The van der Waals surface area contributed by atoms with Crippen LogP contribution >= 0.6 is 22.7 Å². The van der Waals surface area contributed by atoms with Crippen LogP contribution in [-0.4, -0.2) is 36.3 Å². The number of aliphatic hydroxyl groups excluding tert-OH is 2. The first kappa shape index (κ1) is 40.8. The molecule has 0 aliphatic carbocycles. The normalized spacial score (nSPS) is 12.5. The molecule has 0 aliphatic heterocycles. The molecule has 1 unspecified atom stereocenters. The average Bonchev–Trinajstić information content (AvgIpc) is 3.82. The van der Waals surface area contributed by atoms with Gasteiger partial charge in [0, 0.05) is 43.4 Å². The molecular formula is C45H45IrN4O2S2-. The third-order valence-corrected chi connectivity index (χ3v) is 10.6. The minimum atomic E-state index is -0.537. The molecular weight excluding hydrogens is 885 g/mol. The number of aliphatic hydroxyl groups is 2. The van der Waals surface area contributed by atoms with E-state index >= 15 is 0 Å². The molecule has 2 aromatic carbocycles. The number of thiophene rings is 2. The van der Waals surface area contributed by atoms with Crippen molar-refractivity contribution in [2.24, 2.45) is 0 Å². The Hall–Kier alpha value is -4.37. The molecule has 0 saturated heterocycles. The van der Waals surface area contributed by atoms with Gasteiger partial charge in [-0.3, -0.25) is 15.0 Å². The summed E-state index contributed by atoms with van der Waals surface area (Å²) in [6.07, 6.45) is 4.48. The number of allylic oxidation sites excluding steroid dienone is 1. The fourth-order valence-corrected chi connectivity index (χ4v) is 7.79. The van der Waals surface area contributed by atoms with Crippen LogP contribution in [0.15, 0.2) is 114 Å². The Labute approximate surface area is 339 Å². The molecule has 6 nitrogen and oxygen atoms in total. The predicted molar refractivity (Wildman–Crippen MR) is 225 cm³/mol. The monoisotopic (exact) mass is 930 g/mol. The van der Waals surface area contributed by atoms with Crippen LogP contribution in [-0.2, 0) is 30.9 Å². The zero-order chi connectivity index (χ0) is 37.9. The summed E-state index contributed by atoms with van der Waals surface area (Å²) < 4.78 is 2.41. The second-order valence-electron chi connectivity index (χ2n) is 15.1. The van der Waals surface area contributed by atoms with E-state index in [1.807, 2.05) is 36.7 Å². The summed E-state index contributed by atoms with van der Waals surface area (Å²) in [7, 11) is 0. The summed E-state index contributed by atoms with van der Waals surface area (Å²) >= 11 is 3.45. The molecule has 279 valence electrons. The van der Waals surface area contributed by atoms with Crippen molar-refractivity contribution in [2.45, 2.75) is 72.3 Å². The first-order chi connectivity index (χ1) is 25.2. The summed E-state index contributed by atoms with van der Waals surface area (Å²) in [6, 6.07) is 30.8. The van der Waals surface area contributed by atoms with Gasteiger partial charge in [-0.05, 0) is 88.5 Å². The van der Waals surface area contributed by atoms with E-state index < -0.39 is 6.10 Å². The topological polar surface area (TPSA) is 92.0 Å². The number of hydrogen-bond acceptors (Lipinski definition) is 8. The molecule has 0 saturated carbocycles. The molecule has 8 aromatic rings. The Bertz CT molecular complexity index is 2350. The molecule has 0 spiro atoms. The molecule has 0 aliphatic rings. The summed E-state index contributed by atoms with van der Waals surface area (Å²) in [5.74, 6) is 0.162. The maximum absolute atomic E-state index is 8.49. The van der Waals surface area contributed by atoms with Crippen molar-refractivity contribution in [3.05, 3.63) is 131 Å². The van der Waals surface area contributed by atoms with Crippen molar-refractivity contribution in [3.8, 4) is 22.5 Å². The average molecular weight is 930 g/mol. The summed E-state index contributed by atoms with van der Waals surface area (Å²) in [5.41, 5.74) is 11.0. The minimum Gasteiger partial charge on any atom is -0.513 e. The van der Waals surface area contributed by atoms with E-state index in [1.54, 1.807) is 29.6 Å². The zero-order valence-electron chi connectivity index (χ0n) is 31.8. The largest absolute Gasteiger partial charge is 0.513 e. The first-order valence-electron chi connectivity index (χ1n) is 17.6. The predicted octanol–water partition coefficient (Wildman–Crippen LogP) is 12.2. The third-order valence-electron chi connectivity index (χ3n) is 8.75. The van der Waals surface area contributed by atoms with Crippen molar-refractivity contribution in [3.63, 3.8) is 0 Å². The SMILES string of the molecule is CC(C)(C)c1c[c-]c(-c2nc3cccnc3c3sccc23)cc1.CC(C)(C)c1ccc(-c2nc3cccnc3c3sccc23)cc1.CC(O)=CC(C)O.[Ir]. The van der Waals surface area contributed by atoms with Crippen LogP contribution in [0, 0.1) is 6.07 Å². The molecule has 6 heterocycles. The van der Waals surface area contributed by atoms with Crippen molar-refractivity contribution in [1.29, 1.82) is 0 Å². The Balaban J connectivity index is 0.000000174. The molecule has 6 aromatic heterocycles. The molecule has 2 N–H and O–H groups in total. The molecule has 1 radical (unpaired) electrons. The minimum absolute atomic E-state index is 0. The summed E-state index contributed by atoms with van der Waals surface area (Å²) in [6.45, 7) is 16.5. The molecule has 9 heteroatoms. The molecule has 8 rings (SSSR count). The number of aromatic nitrogens is 4. The summed E-state index contributed by atoms with van der Waals surface area (Å²) in [5, 5.41) is 23.5. The third kappa shape index (κ3) is 9.28. The van der Waals surface area contributed by atoms with Crippen LogP contribution < -0.4 is 0 Å². The van der Waals surface area contributed by atoms with E-state index in [4.69, 9.17) is 20.2 Å². The van der Waals surface area contributed by atoms with Gasteiger partial charge < -0.3 is 10.2 Å². The molecule has 0 fully saturated rings.